The molecule has 0 aromatic rings. The summed E-state index contributed by atoms with van der Waals surface area (Å²) in [4.78, 5) is 0. The Morgan fingerprint density at radius 2 is 1.89 bits per heavy atom. The molecule has 4 nitrogen and oxygen atoms in total. The van der Waals surface area contributed by atoms with Crippen molar-refractivity contribution < 1.29 is 17.5 Å². The topological polar surface area (TPSA) is 54.4 Å². The first-order valence-electron chi connectivity index (χ1n) is 2.63. The van der Waals surface area contributed by atoms with Crippen LogP contribution in [0.25, 0.3) is 0 Å². The van der Waals surface area contributed by atoms with E-state index in [1.165, 1.54) is 0 Å². The minimum absolute atomic E-state index is 0.388. The van der Waals surface area contributed by atoms with Gasteiger partial charge in [-0.05, 0) is 0 Å². The molecule has 9 heavy (non-hydrogen) atoms. The molecule has 0 spiro atoms. The van der Waals surface area contributed by atoms with Crippen LogP contribution in [0.5, 0.6) is 0 Å². The van der Waals surface area contributed by atoms with Crippen molar-refractivity contribution in [3.05, 3.63) is 0 Å². The lowest BCUT2D eigenvalue weighted by molar-refractivity contribution is -0.760. The largest absolute Gasteiger partial charge is 0.325 e. The molecule has 0 bridgehead atoms. The highest BCUT2D eigenvalue weighted by molar-refractivity contribution is 7.86. The van der Waals surface area contributed by atoms with Gasteiger partial charge in [-0.25, -0.2) is 0 Å². The maximum atomic E-state index is 10.3. The minimum atomic E-state index is -3.77. The number of likely N-dealkylation sites (N-methyl/N-ethyl adjacent to an activating group) is 1. The predicted octanol–water partition coefficient (Wildman–Crippen LogP) is -0.710. The summed E-state index contributed by atoms with van der Waals surface area (Å²) in [6, 6.07) is 0. The smallest absolute Gasteiger partial charge is 0.301 e. The zero-order chi connectivity index (χ0) is 7.28. The summed E-state index contributed by atoms with van der Waals surface area (Å²) >= 11 is 0. The molecule has 1 aliphatic heterocycles. The lowest BCUT2D eigenvalue weighted by Crippen LogP contribution is -2.21. The predicted molar refractivity (Wildman–Crippen MR) is 32.3 cm³/mol. The first-order chi connectivity index (χ1) is 3.84. The number of quaternary nitrogens is 1. The van der Waals surface area contributed by atoms with Gasteiger partial charge in [0.05, 0.1) is 14.1 Å². The fourth-order valence-corrected chi connectivity index (χ4v) is 2.10. The van der Waals surface area contributed by atoms with Crippen LogP contribution in [-0.4, -0.2) is 43.5 Å². The van der Waals surface area contributed by atoms with Gasteiger partial charge in [0.2, 0.25) is 0 Å². The van der Waals surface area contributed by atoms with E-state index in [2.05, 4.69) is 0 Å². The van der Waals surface area contributed by atoms with Crippen LogP contribution in [0, 0.1) is 0 Å². The Kier molecular flexibility index (Phi) is 1.14. The van der Waals surface area contributed by atoms with Crippen LogP contribution in [-0.2, 0) is 10.1 Å². The second-order valence-electron chi connectivity index (χ2n) is 2.93. The van der Waals surface area contributed by atoms with Gasteiger partial charge in [0.25, 0.3) is 5.37 Å². The molecule has 1 rings (SSSR count). The van der Waals surface area contributed by atoms with E-state index in [4.69, 9.17) is 4.55 Å². The molecule has 0 amide bonds. The second kappa shape index (κ2) is 1.47. The molecule has 1 fully saturated rings. The van der Waals surface area contributed by atoms with Gasteiger partial charge in [0.1, 0.15) is 6.54 Å². The van der Waals surface area contributed by atoms with E-state index in [0.717, 1.165) is 0 Å². The first kappa shape index (κ1) is 6.98. The minimum Gasteiger partial charge on any atom is -0.301 e. The van der Waals surface area contributed by atoms with Gasteiger partial charge >= 0.3 is 10.1 Å². The number of rotatable bonds is 1. The van der Waals surface area contributed by atoms with E-state index >= 15 is 0 Å². The van der Waals surface area contributed by atoms with Crippen molar-refractivity contribution in [2.75, 3.05) is 20.6 Å². The molecule has 0 saturated carbocycles. The molecule has 0 radical (unpaired) electrons. The standard InChI is InChI=1S/C4H9NO3S/c1-5(2)3-4(5)9(6,7)8/h4H,3H2,1-2H3/p+1. The highest BCUT2D eigenvalue weighted by Gasteiger charge is 2.56. The summed E-state index contributed by atoms with van der Waals surface area (Å²) in [5, 5.41) is -0.572. The van der Waals surface area contributed by atoms with Crippen LogP contribution < -0.4 is 0 Å². The van der Waals surface area contributed by atoms with Crippen LogP contribution in [0.2, 0.25) is 0 Å². The lowest BCUT2D eigenvalue weighted by atomic mass is 11.0. The van der Waals surface area contributed by atoms with Crippen LogP contribution in [0.3, 0.4) is 0 Å². The average molecular weight is 152 g/mol. The van der Waals surface area contributed by atoms with Crippen molar-refractivity contribution in [2.24, 2.45) is 0 Å². The van der Waals surface area contributed by atoms with Crippen molar-refractivity contribution in [2.45, 2.75) is 5.37 Å². The molecule has 1 heterocycles. The Bertz CT molecular complexity index is 218. The van der Waals surface area contributed by atoms with Crippen molar-refractivity contribution in [3.63, 3.8) is 0 Å². The summed E-state index contributed by atoms with van der Waals surface area (Å²) in [7, 11) is -0.240. The van der Waals surface area contributed by atoms with Crippen molar-refractivity contribution >= 4 is 10.1 Å². The number of hydrogen-bond donors (Lipinski definition) is 1. The molecular formula is C4H10NO3S+. The Morgan fingerprint density at radius 1 is 1.56 bits per heavy atom. The molecule has 0 aliphatic carbocycles. The Labute approximate surface area is 54.4 Å². The fraction of sp³-hybridized carbons (Fsp3) is 1.00. The maximum absolute atomic E-state index is 10.3. The van der Waals surface area contributed by atoms with Gasteiger partial charge in [-0.3, -0.25) is 4.55 Å². The van der Waals surface area contributed by atoms with Gasteiger partial charge in [0.15, 0.2) is 0 Å². The summed E-state index contributed by atoms with van der Waals surface area (Å²) in [5.74, 6) is 0. The molecule has 1 saturated heterocycles. The molecule has 1 atom stereocenters. The second-order valence-corrected chi connectivity index (χ2v) is 4.50. The zero-order valence-electron chi connectivity index (χ0n) is 5.40. The van der Waals surface area contributed by atoms with E-state index in [0.29, 0.717) is 11.0 Å². The van der Waals surface area contributed by atoms with Crippen LogP contribution >= 0.6 is 0 Å². The molecule has 1 N–H and O–H groups in total. The molecule has 1 unspecified atom stereocenters. The summed E-state index contributed by atoms with van der Waals surface area (Å²) in [5.41, 5.74) is 0. The third-order valence-corrected chi connectivity index (χ3v) is 3.02. The fourth-order valence-electron chi connectivity index (χ4n) is 0.810. The van der Waals surface area contributed by atoms with E-state index in [-0.39, 0.29) is 0 Å². The number of nitrogens with zero attached hydrogens (tertiary/aromatic N) is 1. The molecular weight excluding hydrogens is 142 g/mol. The number of hydrogen-bond acceptors (Lipinski definition) is 2. The van der Waals surface area contributed by atoms with Gasteiger partial charge < -0.3 is 4.48 Å². The average Bonchev–Trinajstić information content (AvgIpc) is 2.10. The molecule has 0 aromatic carbocycles. The third kappa shape index (κ3) is 1.23. The van der Waals surface area contributed by atoms with Gasteiger partial charge in [-0.2, -0.15) is 8.42 Å². The van der Waals surface area contributed by atoms with Crippen molar-refractivity contribution in [1.82, 2.24) is 0 Å². The zero-order valence-corrected chi connectivity index (χ0v) is 6.22. The Morgan fingerprint density at radius 3 is 1.89 bits per heavy atom. The van der Waals surface area contributed by atoms with E-state index in [9.17, 15) is 8.42 Å². The SMILES string of the molecule is C[N+]1(C)CC1S(=O)(=O)O. The van der Waals surface area contributed by atoms with Gasteiger partial charge in [-0.15, -0.1) is 0 Å². The van der Waals surface area contributed by atoms with Gasteiger partial charge in [0, 0.05) is 0 Å². The maximum Gasteiger partial charge on any atom is 0.325 e. The third-order valence-electron chi connectivity index (χ3n) is 1.62. The first-order valence-corrected chi connectivity index (χ1v) is 4.13. The van der Waals surface area contributed by atoms with Crippen LogP contribution in [0.1, 0.15) is 0 Å². The van der Waals surface area contributed by atoms with Crippen molar-refractivity contribution in [1.29, 1.82) is 0 Å². The van der Waals surface area contributed by atoms with Crippen molar-refractivity contribution in [3.8, 4) is 0 Å². The van der Waals surface area contributed by atoms with Crippen LogP contribution in [0.4, 0.5) is 0 Å². The monoisotopic (exact) mass is 152 g/mol. The van der Waals surface area contributed by atoms with E-state index in [1.54, 1.807) is 14.1 Å². The lowest BCUT2D eigenvalue weighted by Gasteiger charge is -2.01. The van der Waals surface area contributed by atoms with E-state index < -0.39 is 15.5 Å². The molecule has 54 valence electrons. The Balaban J connectivity index is 2.75. The summed E-state index contributed by atoms with van der Waals surface area (Å²) < 4.78 is 29.5. The molecule has 0 aromatic heterocycles. The highest BCUT2D eigenvalue weighted by Crippen LogP contribution is 2.28. The molecule has 1 aliphatic rings. The van der Waals surface area contributed by atoms with E-state index in [1.807, 2.05) is 0 Å². The molecule has 5 heteroatoms. The summed E-state index contributed by atoms with van der Waals surface area (Å²) in [6.07, 6.45) is 0. The highest BCUT2D eigenvalue weighted by atomic mass is 32.2. The van der Waals surface area contributed by atoms with Gasteiger partial charge in [-0.1, -0.05) is 0 Å². The normalized spacial score (nSPS) is 32.1. The van der Waals surface area contributed by atoms with Crippen LogP contribution in [0.15, 0.2) is 0 Å². The Hall–Kier alpha value is -0.130. The quantitative estimate of drug-likeness (QED) is 0.307. The summed E-state index contributed by atoms with van der Waals surface area (Å²) in [6.45, 7) is 0.527.